The van der Waals surface area contributed by atoms with E-state index in [-0.39, 0.29) is 11.9 Å². The molecule has 5 nitrogen and oxygen atoms in total. The van der Waals surface area contributed by atoms with Crippen LogP contribution in [0.1, 0.15) is 29.7 Å². The lowest BCUT2D eigenvalue weighted by Gasteiger charge is -2.33. The molecule has 0 aromatic heterocycles. The number of rotatable bonds is 8. The molecule has 1 aliphatic heterocycles. The summed E-state index contributed by atoms with van der Waals surface area (Å²) < 4.78 is 11.4. The van der Waals surface area contributed by atoms with Crippen molar-refractivity contribution in [3.8, 4) is 5.75 Å². The van der Waals surface area contributed by atoms with Crippen molar-refractivity contribution in [3.05, 3.63) is 102 Å². The molecule has 1 N–H and O–H groups in total. The summed E-state index contributed by atoms with van der Waals surface area (Å²) in [5.74, 6) is 0.729. The van der Waals surface area contributed by atoms with E-state index < -0.39 is 6.10 Å². The monoisotopic (exact) mass is 430 g/mol. The summed E-state index contributed by atoms with van der Waals surface area (Å²) in [6, 6.07) is 28.0. The molecule has 1 saturated heterocycles. The van der Waals surface area contributed by atoms with Gasteiger partial charge < -0.3 is 14.8 Å². The summed E-state index contributed by atoms with van der Waals surface area (Å²) in [5, 5.41) is 3.22. The van der Waals surface area contributed by atoms with Gasteiger partial charge in [-0.1, -0.05) is 72.8 Å². The van der Waals surface area contributed by atoms with Crippen molar-refractivity contribution in [2.75, 3.05) is 26.3 Å². The smallest absolute Gasteiger partial charge is 0.251 e. The van der Waals surface area contributed by atoms with Crippen LogP contribution in [0.25, 0.3) is 0 Å². The summed E-state index contributed by atoms with van der Waals surface area (Å²) >= 11 is 0. The fraction of sp³-hybridized carbons (Fsp3) is 0.296. The predicted molar refractivity (Wildman–Crippen MR) is 125 cm³/mol. The van der Waals surface area contributed by atoms with Crippen LogP contribution < -0.4 is 10.1 Å². The van der Waals surface area contributed by atoms with Gasteiger partial charge in [-0.05, 0) is 35.7 Å². The van der Waals surface area contributed by atoms with Crippen molar-refractivity contribution in [1.29, 1.82) is 0 Å². The number of hydrogen-bond donors (Lipinski definition) is 1. The molecule has 166 valence electrons. The first kappa shape index (κ1) is 22.1. The second-order valence-electron chi connectivity index (χ2n) is 7.93. The molecule has 1 amide bonds. The van der Waals surface area contributed by atoms with E-state index in [2.05, 4.69) is 22.3 Å². The number of nitrogens with one attached hydrogen (secondary N) is 1. The summed E-state index contributed by atoms with van der Waals surface area (Å²) in [5.41, 5.74) is 3.28. The van der Waals surface area contributed by atoms with Crippen molar-refractivity contribution in [1.82, 2.24) is 10.2 Å². The lowest BCUT2D eigenvalue weighted by atomic mass is 9.98. The van der Waals surface area contributed by atoms with Crippen LogP contribution in [-0.2, 0) is 16.1 Å². The predicted octanol–water partition coefficient (Wildman–Crippen LogP) is 4.19. The Hall–Kier alpha value is -3.15. The SMILES string of the molecule is CCOc1ccc(C(NC(=O)C2CN(Cc3ccccc3)CCO2)c2ccccc2)cc1. The number of amides is 1. The van der Waals surface area contributed by atoms with Crippen LogP contribution in [0.15, 0.2) is 84.9 Å². The molecule has 2 atom stereocenters. The maximum absolute atomic E-state index is 13.2. The maximum atomic E-state index is 13.2. The Morgan fingerprint density at radius 3 is 2.34 bits per heavy atom. The molecule has 1 fully saturated rings. The minimum atomic E-state index is -0.499. The molecule has 3 aromatic carbocycles. The van der Waals surface area contributed by atoms with Crippen LogP contribution in [0.4, 0.5) is 0 Å². The molecule has 0 bridgehead atoms. The van der Waals surface area contributed by atoms with Crippen LogP contribution in [-0.4, -0.2) is 43.2 Å². The van der Waals surface area contributed by atoms with Crippen molar-refractivity contribution in [2.24, 2.45) is 0 Å². The number of carbonyl (C=O) groups excluding carboxylic acids is 1. The van der Waals surface area contributed by atoms with Crippen LogP contribution in [0, 0.1) is 0 Å². The molecule has 3 aromatic rings. The minimum absolute atomic E-state index is 0.0921. The Balaban J connectivity index is 1.47. The van der Waals surface area contributed by atoms with E-state index in [0.717, 1.165) is 30.0 Å². The van der Waals surface area contributed by atoms with Gasteiger partial charge >= 0.3 is 0 Å². The van der Waals surface area contributed by atoms with Gasteiger partial charge in [-0.2, -0.15) is 0 Å². The third kappa shape index (κ3) is 5.75. The average Bonchev–Trinajstić information content (AvgIpc) is 2.84. The Bertz CT molecular complexity index is 977. The first-order valence-corrected chi connectivity index (χ1v) is 11.2. The third-order valence-electron chi connectivity index (χ3n) is 5.64. The number of nitrogens with zero attached hydrogens (tertiary/aromatic N) is 1. The fourth-order valence-electron chi connectivity index (χ4n) is 4.01. The lowest BCUT2D eigenvalue weighted by molar-refractivity contribution is -0.139. The summed E-state index contributed by atoms with van der Waals surface area (Å²) in [7, 11) is 0. The molecule has 1 heterocycles. The maximum Gasteiger partial charge on any atom is 0.251 e. The Labute approximate surface area is 190 Å². The number of benzene rings is 3. The average molecular weight is 431 g/mol. The highest BCUT2D eigenvalue weighted by Crippen LogP contribution is 2.25. The van der Waals surface area contributed by atoms with E-state index in [4.69, 9.17) is 9.47 Å². The van der Waals surface area contributed by atoms with Crippen molar-refractivity contribution in [2.45, 2.75) is 25.6 Å². The van der Waals surface area contributed by atoms with Crippen LogP contribution in [0.2, 0.25) is 0 Å². The Kier molecular flexibility index (Phi) is 7.54. The van der Waals surface area contributed by atoms with Gasteiger partial charge in [0.1, 0.15) is 11.9 Å². The van der Waals surface area contributed by atoms with Gasteiger partial charge in [0.05, 0.1) is 19.3 Å². The molecule has 2 unspecified atom stereocenters. The highest BCUT2D eigenvalue weighted by atomic mass is 16.5. The third-order valence-corrected chi connectivity index (χ3v) is 5.64. The zero-order valence-electron chi connectivity index (χ0n) is 18.4. The van der Waals surface area contributed by atoms with Crippen molar-refractivity contribution in [3.63, 3.8) is 0 Å². The quantitative estimate of drug-likeness (QED) is 0.582. The topological polar surface area (TPSA) is 50.8 Å². The second-order valence-corrected chi connectivity index (χ2v) is 7.93. The number of hydrogen-bond acceptors (Lipinski definition) is 4. The summed E-state index contributed by atoms with van der Waals surface area (Å²) in [6.45, 7) is 5.34. The van der Waals surface area contributed by atoms with Crippen LogP contribution in [0.5, 0.6) is 5.75 Å². The van der Waals surface area contributed by atoms with Crippen LogP contribution >= 0.6 is 0 Å². The lowest BCUT2D eigenvalue weighted by Crippen LogP contribution is -2.50. The zero-order valence-corrected chi connectivity index (χ0v) is 18.4. The van der Waals surface area contributed by atoms with Gasteiger partial charge in [0, 0.05) is 19.6 Å². The van der Waals surface area contributed by atoms with E-state index in [1.54, 1.807) is 0 Å². The van der Waals surface area contributed by atoms with Crippen molar-refractivity contribution >= 4 is 5.91 Å². The molecule has 0 saturated carbocycles. The molecular formula is C27H30N2O3. The highest BCUT2D eigenvalue weighted by molar-refractivity contribution is 5.82. The van der Waals surface area contributed by atoms with Crippen molar-refractivity contribution < 1.29 is 14.3 Å². The van der Waals surface area contributed by atoms with E-state index in [0.29, 0.717) is 19.8 Å². The number of ether oxygens (including phenoxy) is 2. The fourth-order valence-corrected chi connectivity index (χ4v) is 4.01. The highest BCUT2D eigenvalue weighted by Gasteiger charge is 2.29. The van der Waals surface area contributed by atoms with Crippen LogP contribution in [0.3, 0.4) is 0 Å². The first-order chi connectivity index (χ1) is 15.7. The van der Waals surface area contributed by atoms with E-state index >= 15 is 0 Å². The van der Waals surface area contributed by atoms with Gasteiger partial charge in [-0.15, -0.1) is 0 Å². The standard InChI is InChI=1S/C27H30N2O3/c1-2-31-24-15-13-23(14-16-24)26(22-11-7-4-8-12-22)28-27(30)25-20-29(17-18-32-25)19-21-9-5-3-6-10-21/h3-16,25-26H,2,17-20H2,1H3,(H,28,30). The molecule has 0 spiro atoms. The molecule has 0 radical (unpaired) electrons. The van der Waals surface area contributed by atoms with Gasteiger partial charge in [-0.25, -0.2) is 0 Å². The molecule has 0 aliphatic carbocycles. The normalized spacial score (nSPS) is 17.5. The Morgan fingerprint density at radius 1 is 1.00 bits per heavy atom. The largest absolute Gasteiger partial charge is 0.494 e. The van der Waals surface area contributed by atoms with Gasteiger partial charge in [0.2, 0.25) is 0 Å². The zero-order chi connectivity index (χ0) is 22.2. The second kappa shape index (κ2) is 10.9. The number of morpholine rings is 1. The van der Waals surface area contributed by atoms with Gasteiger partial charge in [-0.3, -0.25) is 9.69 Å². The first-order valence-electron chi connectivity index (χ1n) is 11.2. The van der Waals surface area contributed by atoms with E-state index in [1.807, 2.05) is 79.7 Å². The van der Waals surface area contributed by atoms with E-state index in [9.17, 15) is 4.79 Å². The molecule has 32 heavy (non-hydrogen) atoms. The molecule has 1 aliphatic rings. The van der Waals surface area contributed by atoms with Gasteiger partial charge in [0.25, 0.3) is 5.91 Å². The minimum Gasteiger partial charge on any atom is -0.494 e. The molecule has 4 rings (SSSR count). The molecule has 5 heteroatoms. The number of carbonyl (C=O) groups is 1. The summed E-state index contributed by atoms with van der Waals surface area (Å²) in [6.07, 6.45) is -0.499. The van der Waals surface area contributed by atoms with E-state index in [1.165, 1.54) is 5.56 Å². The molecular weight excluding hydrogens is 400 g/mol. The summed E-state index contributed by atoms with van der Waals surface area (Å²) in [4.78, 5) is 15.5. The van der Waals surface area contributed by atoms with Gasteiger partial charge in [0.15, 0.2) is 0 Å². The Morgan fingerprint density at radius 2 is 1.66 bits per heavy atom.